The van der Waals surface area contributed by atoms with Crippen molar-refractivity contribution in [3.63, 3.8) is 0 Å². The molecule has 0 aliphatic heterocycles. The van der Waals surface area contributed by atoms with Gasteiger partial charge in [0.2, 0.25) is 0 Å². The van der Waals surface area contributed by atoms with Crippen molar-refractivity contribution in [2.75, 3.05) is 12.4 Å². The highest BCUT2D eigenvalue weighted by molar-refractivity contribution is 5.46. The van der Waals surface area contributed by atoms with Crippen LogP contribution in [0.25, 0.3) is 0 Å². The van der Waals surface area contributed by atoms with Gasteiger partial charge in [-0.25, -0.2) is 0 Å². The molecule has 1 rings (SSSR count). The van der Waals surface area contributed by atoms with E-state index in [9.17, 15) is 0 Å². The molecule has 10 heavy (non-hydrogen) atoms. The van der Waals surface area contributed by atoms with Gasteiger partial charge in [-0.3, -0.25) is 0 Å². The zero-order valence-corrected chi connectivity index (χ0v) is 6.05. The summed E-state index contributed by atoms with van der Waals surface area (Å²) in [6, 6.07) is 3.88. The molecule has 0 saturated heterocycles. The van der Waals surface area contributed by atoms with Crippen molar-refractivity contribution < 1.29 is 0 Å². The van der Waals surface area contributed by atoms with Gasteiger partial charge < -0.3 is 9.88 Å². The van der Waals surface area contributed by atoms with Crippen LogP contribution in [0.15, 0.2) is 12.3 Å². The molecule has 0 spiro atoms. The van der Waals surface area contributed by atoms with Crippen LogP contribution in [0.4, 0.5) is 5.69 Å². The summed E-state index contributed by atoms with van der Waals surface area (Å²) in [4.78, 5) is 0. The van der Waals surface area contributed by atoms with E-state index >= 15 is 0 Å². The summed E-state index contributed by atoms with van der Waals surface area (Å²) >= 11 is 0. The number of aromatic nitrogens is 1. The first-order chi connectivity index (χ1) is 4.77. The first-order valence-electron chi connectivity index (χ1n) is 3.02. The van der Waals surface area contributed by atoms with E-state index in [1.807, 2.05) is 20.3 Å². The highest BCUT2D eigenvalue weighted by atomic mass is 15.0. The Bertz CT molecular complexity index is 267. The number of hydrogen-bond donors (Lipinski definition) is 1. The fraction of sp³-hybridized carbons (Fsp3) is 0.286. The molecule has 0 saturated carbocycles. The summed E-state index contributed by atoms with van der Waals surface area (Å²) in [5, 5.41) is 11.5. The van der Waals surface area contributed by atoms with Crippen LogP contribution < -0.4 is 5.32 Å². The lowest BCUT2D eigenvalue weighted by atomic mass is 10.4. The van der Waals surface area contributed by atoms with Crippen molar-refractivity contribution in [1.82, 2.24) is 4.57 Å². The van der Waals surface area contributed by atoms with Gasteiger partial charge in [0.25, 0.3) is 0 Å². The van der Waals surface area contributed by atoms with Crippen molar-refractivity contribution in [2.24, 2.45) is 7.05 Å². The molecule has 1 aromatic rings. The minimum Gasteiger partial charge on any atom is -0.387 e. The summed E-state index contributed by atoms with van der Waals surface area (Å²) in [7, 11) is 3.68. The normalized spacial score (nSPS) is 8.90. The monoisotopic (exact) mass is 135 g/mol. The Hall–Kier alpha value is -1.43. The van der Waals surface area contributed by atoms with E-state index in [-0.39, 0.29) is 0 Å². The first kappa shape index (κ1) is 6.69. The average Bonchev–Trinajstić information content (AvgIpc) is 2.30. The summed E-state index contributed by atoms with van der Waals surface area (Å²) in [5.41, 5.74) is 1.64. The highest BCUT2D eigenvalue weighted by Gasteiger charge is 1.97. The molecule has 0 aliphatic rings. The molecular formula is C7H9N3. The van der Waals surface area contributed by atoms with Gasteiger partial charge >= 0.3 is 0 Å². The van der Waals surface area contributed by atoms with Gasteiger partial charge in [-0.05, 0) is 6.07 Å². The maximum Gasteiger partial charge on any atom is 0.122 e. The van der Waals surface area contributed by atoms with Crippen LogP contribution in [0.2, 0.25) is 0 Å². The number of nitriles is 1. The zero-order chi connectivity index (χ0) is 7.56. The van der Waals surface area contributed by atoms with E-state index in [1.54, 1.807) is 10.6 Å². The first-order valence-corrected chi connectivity index (χ1v) is 3.02. The predicted molar refractivity (Wildman–Crippen MR) is 39.7 cm³/mol. The van der Waals surface area contributed by atoms with Crippen LogP contribution in [0, 0.1) is 11.3 Å². The zero-order valence-electron chi connectivity index (χ0n) is 6.05. The number of rotatable bonds is 1. The van der Waals surface area contributed by atoms with Gasteiger partial charge in [0.05, 0.1) is 5.69 Å². The van der Waals surface area contributed by atoms with Crippen molar-refractivity contribution in [3.05, 3.63) is 18.0 Å². The van der Waals surface area contributed by atoms with Crippen molar-refractivity contribution in [3.8, 4) is 6.07 Å². The number of aryl methyl sites for hydroxylation is 1. The molecule has 3 heteroatoms. The minimum atomic E-state index is 0.671. The third kappa shape index (κ3) is 0.960. The fourth-order valence-electron chi connectivity index (χ4n) is 0.812. The van der Waals surface area contributed by atoms with Crippen LogP contribution in [0.5, 0.6) is 0 Å². The van der Waals surface area contributed by atoms with Gasteiger partial charge in [-0.2, -0.15) is 5.26 Å². The second-order valence-electron chi connectivity index (χ2n) is 2.09. The Balaban J connectivity index is 3.07. The Labute approximate surface area is 59.9 Å². The number of hydrogen-bond acceptors (Lipinski definition) is 2. The molecule has 0 radical (unpaired) electrons. The number of nitrogens with zero attached hydrogens (tertiary/aromatic N) is 2. The molecule has 0 aliphatic carbocycles. The number of nitrogens with one attached hydrogen (secondary N) is 1. The molecule has 0 atom stereocenters. The van der Waals surface area contributed by atoms with Gasteiger partial charge in [0.15, 0.2) is 0 Å². The van der Waals surface area contributed by atoms with Crippen molar-refractivity contribution >= 4 is 5.69 Å². The van der Waals surface area contributed by atoms with Crippen molar-refractivity contribution in [1.29, 1.82) is 5.26 Å². The Kier molecular flexibility index (Phi) is 1.63. The van der Waals surface area contributed by atoms with E-state index in [2.05, 4.69) is 11.4 Å². The molecule has 0 unspecified atom stereocenters. The maximum absolute atomic E-state index is 8.53. The molecule has 0 aromatic carbocycles. The smallest absolute Gasteiger partial charge is 0.122 e. The van der Waals surface area contributed by atoms with E-state index in [0.29, 0.717) is 5.69 Å². The van der Waals surface area contributed by atoms with E-state index < -0.39 is 0 Å². The third-order valence-corrected chi connectivity index (χ3v) is 1.41. The largest absolute Gasteiger partial charge is 0.387 e. The maximum atomic E-state index is 8.53. The minimum absolute atomic E-state index is 0.671. The molecule has 0 bridgehead atoms. The standard InChI is InChI=1S/C7H9N3/c1-9-6-3-7(4-8)10(2)5-6/h3,5,9H,1-2H3. The summed E-state index contributed by atoms with van der Waals surface area (Å²) in [6.07, 6.45) is 1.87. The SMILES string of the molecule is CNc1cc(C#N)n(C)c1. The van der Waals surface area contributed by atoms with Crippen LogP contribution in [-0.2, 0) is 7.05 Å². The third-order valence-electron chi connectivity index (χ3n) is 1.41. The lowest BCUT2D eigenvalue weighted by Gasteiger charge is -1.89. The summed E-state index contributed by atoms with van der Waals surface area (Å²) in [6.45, 7) is 0. The molecule has 1 heterocycles. The Morgan fingerprint density at radius 3 is 2.70 bits per heavy atom. The Morgan fingerprint density at radius 2 is 2.40 bits per heavy atom. The predicted octanol–water partition coefficient (Wildman–Crippen LogP) is 0.938. The van der Waals surface area contributed by atoms with E-state index in [0.717, 1.165) is 5.69 Å². The number of anilines is 1. The van der Waals surface area contributed by atoms with Crippen molar-refractivity contribution in [2.45, 2.75) is 0 Å². The van der Waals surface area contributed by atoms with Crippen LogP contribution >= 0.6 is 0 Å². The Morgan fingerprint density at radius 1 is 1.70 bits per heavy atom. The van der Waals surface area contributed by atoms with Gasteiger partial charge in [0, 0.05) is 20.3 Å². The fourth-order valence-corrected chi connectivity index (χ4v) is 0.812. The molecule has 1 N–H and O–H groups in total. The molecule has 1 aromatic heterocycles. The molecule has 0 amide bonds. The lowest BCUT2D eigenvalue weighted by Crippen LogP contribution is -1.87. The van der Waals surface area contributed by atoms with Crippen LogP contribution in [0.1, 0.15) is 5.69 Å². The van der Waals surface area contributed by atoms with Gasteiger partial charge in [0.1, 0.15) is 11.8 Å². The average molecular weight is 135 g/mol. The van der Waals surface area contributed by atoms with Crippen LogP contribution in [-0.4, -0.2) is 11.6 Å². The second kappa shape index (κ2) is 2.44. The molecule has 0 fully saturated rings. The highest BCUT2D eigenvalue weighted by Crippen LogP contribution is 2.09. The van der Waals surface area contributed by atoms with Crippen LogP contribution in [0.3, 0.4) is 0 Å². The molecule has 52 valence electrons. The topological polar surface area (TPSA) is 40.8 Å². The quantitative estimate of drug-likeness (QED) is 0.622. The second-order valence-corrected chi connectivity index (χ2v) is 2.09. The van der Waals surface area contributed by atoms with E-state index in [4.69, 9.17) is 5.26 Å². The molecular weight excluding hydrogens is 126 g/mol. The van der Waals surface area contributed by atoms with Gasteiger partial charge in [-0.1, -0.05) is 0 Å². The lowest BCUT2D eigenvalue weighted by molar-refractivity contribution is 0.908. The summed E-state index contributed by atoms with van der Waals surface area (Å²) < 4.78 is 1.78. The summed E-state index contributed by atoms with van der Waals surface area (Å²) in [5.74, 6) is 0. The van der Waals surface area contributed by atoms with E-state index in [1.165, 1.54) is 0 Å². The van der Waals surface area contributed by atoms with Gasteiger partial charge in [-0.15, -0.1) is 0 Å². The molecule has 3 nitrogen and oxygen atoms in total.